The molecule has 0 aliphatic heterocycles. The summed E-state index contributed by atoms with van der Waals surface area (Å²) in [7, 11) is 2.07. The Morgan fingerprint density at radius 1 is 1.29 bits per heavy atom. The molecular weight excluding hydrogens is 206 g/mol. The van der Waals surface area contributed by atoms with Crippen molar-refractivity contribution in [3.63, 3.8) is 0 Å². The van der Waals surface area contributed by atoms with Gasteiger partial charge in [0.2, 0.25) is 0 Å². The van der Waals surface area contributed by atoms with Crippen LogP contribution < -0.4 is 5.32 Å². The predicted octanol–water partition coefficient (Wildman–Crippen LogP) is 4.15. The molecule has 2 rings (SSSR count). The summed E-state index contributed by atoms with van der Waals surface area (Å²) in [5.74, 6) is 0. The van der Waals surface area contributed by atoms with E-state index in [0.29, 0.717) is 6.04 Å². The number of nitrogens with one attached hydrogen (secondary N) is 1. The zero-order valence-corrected chi connectivity index (χ0v) is 11.0. The van der Waals surface area contributed by atoms with Crippen molar-refractivity contribution in [1.29, 1.82) is 0 Å². The summed E-state index contributed by atoms with van der Waals surface area (Å²) < 4.78 is 0. The van der Waals surface area contributed by atoms with Crippen LogP contribution in [-0.4, -0.2) is 7.05 Å². The van der Waals surface area contributed by atoms with Gasteiger partial charge in [0, 0.05) is 6.04 Å². The molecule has 1 N–H and O–H groups in total. The number of aryl methyl sites for hydroxylation is 1. The molecule has 0 aromatic heterocycles. The number of allylic oxidation sites excluding steroid dienone is 1. The van der Waals surface area contributed by atoms with Crippen LogP contribution in [0.25, 0.3) is 0 Å². The normalized spacial score (nSPS) is 17.6. The lowest BCUT2D eigenvalue weighted by Gasteiger charge is -2.21. The number of hydrogen-bond acceptors (Lipinski definition) is 1. The fraction of sp³-hybridized carbons (Fsp3) is 0.500. The highest BCUT2D eigenvalue weighted by molar-refractivity contribution is 5.26. The third-order valence-corrected chi connectivity index (χ3v) is 3.64. The molecule has 0 bridgehead atoms. The first kappa shape index (κ1) is 12.4. The van der Waals surface area contributed by atoms with Crippen molar-refractivity contribution < 1.29 is 0 Å². The Bertz CT molecular complexity index is 392. The van der Waals surface area contributed by atoms with E-state index in [1.807, 2.05) is 0 Å². The third-order valence-electron chi connectivity index (χ3n) is 3.64. The standard InChI is InChI=1S/C16H23N/c1-13-7-6-10-15(11-13)16(17-2)12-14-8-4-3-5-9-14/h6-8,10-11,16-17H,3-5,9,12H2,1-2H3. The summed E-state index contributed by atoms with van der Waals surface area (Å²) in [6, 6.07) is 9.32. The quantitative estimate of drug-likeness (QED) is 0.765. The van der Waals surface area contributed by atoms with Crippen LogP contribution in [0.5, 0.6) is 0 Å². The molecule has 1 aromatic carbocycles. The van der Waals surface area contributed by atoms with Crippen molar-refractivity contribution in [3.8, 4) is 0 Å². The van der Waals surface area contributed by atoms with Crippen LogP contribution >= 0.6 is 0 Å². The molecule has 1 unspecified atom stereocenters. The van der Waals surface area contributed by atoms with Crippen molar-refractivity contribution in [1.82, 2.24) is 5.32 Å². The molecule has 1 aliphatic rings. The summed E-state index contributed by atoms with van der Waals surface area (Å²) in [5, 5.41) is 3.45. The van der Waals surface area contributed by atoms with Gasteiger partial charge in [-0.3, -0.25) is 0 Å². The van der Waals surface area contributed by atoms with Gasteiger partial charge in [-0.05, 0) is 51.6 Å². The zero-order chi connectivity index (χ0) is 12.1. The second-order valence-corrected chi connectivity index (χ2v) is 5.07. The first-order valence-electron chi connectivity index (χ1n) is 6.71. The van der Waals surface area contributed by atoms with Gasteiger partial charge in [0.05, 0.1) is 0 Å². The number of hydrogen-bond donors (Lipinski definition) is 1. The molecule has 1 aliphatic carbocycles. The van der Waals surface area contributed by atoms with Gasteiger partial charge >= 0.3 is 0 Å². The molecule has 0 heterocycles. The summed E-state index contributed by atoms with van der Waals surface area (Å²) in [5.41, 5.74) is 4.40. The van der Waals surface area contributed by atoms with E-state index < -0.39 is 0 Å². The lowest BCUT2D eigenvalue weighted by atomic mass is 9.91. The van der Waals surface area contributed by atoms with Crippen molar-refractivity contribution in [2.24, 2.45) is 0 Å². The highest BCUT2D eigenvalue weighted by Crippen LogP contribution is 2.27. The number of rotatable bonds is 4. The van der Waals surface area contributed by atoms with E-state index in [1.165, 1.54) is 43.2 Å². The lowest BCUT2D eigenvalue weighted by molar-refractivity contribution is 0.558. The van der Waals surface area contributed by atoms with Crippen molar-refractivity contribution in [2.45, 2.75) is 45.1 Å². The Morgan fingerprint density at radius 2 is 2.18 bits per heavy atom. The average Bonchev–Trinajstić information content (AvgIpc) is 2.37. The second-order valence-electron chi connectivity index (χ2n) is 5.07. The molecule has 0 fully saturated rings. The van der Waals surface area contributed by atoms with Gasteiger partial charge in [0.1, 0.15) is 0 Å². The Kier molecular flexibility index (Phi) is 4.38. The molecule has 0 radical (unpaired) electrons. The SMILES string of the molecule is CNC(CC1=CCCCC1)c1cccc(C)c1. The first-order chi connectivity index (χ1) is 8.29. The zero-order valence-electron chi connectivity index (χ0n) is 11.0. The Labute approximate surface area is 105 Å². The number of benzene rings is 1. The van der Waals surface area contributed by atoms with Gasteiger partial charge in [-0.15, -0.1) is 0 Å². The van der Waals surface area contributed by atoms with Crippen LogP contribution in [0.3, 0.4) is 0 Å². The largest absolute Gasteiger partial charge is 0.313 e. The van der Waals surface area contributed by atoms with Crippen LogP contribution in [0.1, 0.15) is 49.3 Å². The molecule has 0 saturated heterocycles. The Hall–Kier alpha value is -1.08. The smallest absolute Gasteiger partial charge is 0.0355 e. The van der Waals surface area contributed by atoms with Crippen LogP contribution in [0.4, 0.5) is 0 Å². The van der Waals surface area contributed by atoms with Gasteiger partial charge in [0.15, 0.2) is 0 Å². The maximum Gasteiger partial charge on any atom is 0.0355 e. The van der Waals surface area contributed by atoms with E-state index in [4.69, 9.17) is 0 Å². The van der Waals surface area contributed by atoms with E-state index in [9.17, 15) is 0 Å². The van der Waals surface area contributed by atoms with Gasteiger partial charge in [-0.25, -0.2) is 0 Å². The highest BCUT2D eigenvalue weighted by Gasteiger charge is 2.13. The maximum absolute atomic E-state index is 3.45. The van der Waals surface area contributed by atoms with E-state index in [-0.39, 0.29) is 0 Å². The Balaban J connectivity index is 2.08. The van der Waals surface area contributed by atoms with Gasteiger partial charge in [-0.2, -0.15) is 0 Å². The lowest BCUT2D eigenvalue weighted by Crippen LogP contribution is -2.17. The fourth-order valence-corrected chi connectivity index (χ4v) is 2.63. The fourth-order valence-electron chi connectivity index (χ4n) is 2.63. The molecule has 92 valence electrons. The van der Waals surface area contributed by atoms with E-state index in [0.717, 1.165) is 0 Å². The van der Waals surface area contributed by atoms with Crippen LogP contribution in [0.2, 0.25) is 0 Å². The molecule has 1 aromatic rings. The van der Waals surface area contributed by atoms with Crippen molar-refractivity contribution >= 4 is 0 Å². The van der Waals surface area contributed by atoms with Gasteiger partial charge in [-0.1, -0.05) is 41.5 Å². The molecule has 1 nitrogen and oxygen atoms in total. The van der Waals surface area contributed by atoms with Crippen LogP contribution in [0, 0.1) is 6.92 Å². The second kappa shape index (κ2) is 6.02. The summed E-state index contributed by atoms with van der Waals surface area (Å²) in [6.45, 7) is 2.16. The molecule has 17 heavy (non-hydrogen) atoms. The summed E-state index contributed by atoms with van der Waals surface area (Å²) in [6.07, 6.45) is 8.93. The monoisotopic (exact) mass is 229 g/mol. The average molecular weight is 229 g/mol. The third kappa shape index (κ3) is 3.44. The van der Waals surface area contributed by atoms with Gasteiger partial charge < -0.3 is 5.32 Å². The molecule has 0 spiro atoms. The minimum Gasteiger partial charge on any atom is -0.313 e. The van der Waals surface area contributed by atoms with Crippen molar-refractivity contribution in [2.75, 3.05) is 7.05 Å². The van der Waals surface area contributed by atoms with E-state index in [1.54, 1.807) is 5.57 Å². The highest BCUT2D eigenvalue weighted by atomic mass is 14.9. The summed E-state index contributed by atoms with van der Waals surface area (Å²) in [4.78, 5) is 0. The summed E-state index contributed by atoms with van der Waals surface area (Å²) >= 11 is 0. The van der Waals surface area contributed by atoms with Crippen LogP contribution in [-0.2, 0) is 0 Å². The van der Waals surface area contributed by atoms with Gasteiger partial charge in [0.25, 0.3) is 0 Å². The van der Waals surface area contributed by atoms with E-state index in [2.05, 4.69) is 49.6 Å². The molecule has 0 amide bonds. The van der Waals surface area contributed by atoms with Crippen LogP contribution in [0.15, 0.2) is 35.9 Å². The Morgan fingerprint density at radius 3 is 2.82 bits per heavy atom. The first-order valence-corrected chi connectivity index (χ1v) is 6.71. The molecular formula is C16H23N. The minimum atomic E-state index is 0.472. The van der Waals surface area contributed by atoms with E-state index >= 15 is 0 Å². The molecule has 1 heteroatoms. The minimum absolute atomic E-state index is 0.472. The maximum atomic E-state index is 3.45. The topological polar surface area (TPSA) is 12.0 Å². The molecule has 1 atom stereocenters. The molecule has 0 saturated carbocycles. The van der Waals surface area contributed by atoms with Crippen molar-refractivity contribution in [3.05, 3.63) is 47.0 Å². The predicted molar refractivity (Wildman–Crippen MR) is 74.1 cm³/mol.